The summed E-state index contributed by atoms with van der Waals surface area (Å²) in [6.45, 7) is 4.71. The van der Waals surface area contributed by atoms with Gasteiger partial charge in [-0.2, -0.15) is 0 Å². The molecule has 0 radical (unpaired) electrons. The van der Waals surface area contributed by atoms with Crippen molar-refractivity contribution >= 4 is 5.69 Å². The van der Waals surface area contributed by atoms with Gasteiger partial charge in [0.05, 0.1) is 5.69 Å². The molecule has 1 aliphatic heterocycles. The Labute approximate surface area is 131 Å². The minimum Gasteiger partial charge on any atom is -0.369 e. The Morgan fingerprint density at radius 3 is 2.77 bits per heavy atom. The molecule has 1 aliphatic rings. The third kappa shape index (κ3) is 3.45. The predicted octanol–water partition coefficient (Wildman–Crippen LogP) is 3.67. The summed E-state index contributed by atoms with van der Waals surface area (Å²) in [5.74, 6) is -0.116. The van der Waals surface area contributed by atoms with Crippen LogP contribution in [0.3, 0.4) is 0 Å². The molecule has 1 fully saturated rings. The number of anilines is 1. The van der Waals surface area contributed by atoms with Gasteiger partial charge < -0.3 is 10.2 Å². The first-order valence-electron chi connectivity index (χ1n) is 7.91. The number of halogens is 1. The van der Waals surface area contributed by atoms with Crippen LogP contribution in [0.25, 0.3) is 0 Å². The molecule has 22 heavy (non-hydrogen) atoms. The smallest absolute Gasteiger partial charge is 0.146 e. The van der Waals surface area contributed by atoms with Crippen LogP contribution in [0, 0.1) is 5.82 Å². The lowest BCUT2D eigenvalue weighted by Crippen LogP contribution is -2.21. The van der Waals surface area contributed by atoms with E-state index in [0.29, 0.717) is 0 Å². The van der Waals surface area contributed by atoms with Crippen molar-refractivity contribution in [1.82, 2.24) is 10.3 Å². The molecular formula is C18H22FN3. The lowest BCUT2D eigenvalue weighted by atomic mass is 10.1. The molecule has 0 spiro atoms. The quantitative estimate of drug-likeness (QED) is 0.913. The number of nitrogens with one attached hydrogen (secondary N) is 1. The molecule has 1 atom stereocenters. The highest BCUT2D eigenvalue weighted by Gasteiger charge is 2.17. The molecule has 1 N–H and O–H groups in total. The summed E-state index contributed by atoms with van der Waals surface area (Å²) in [5.41, 5.74) is 2.84. The van der Waals surface area contributed by atoms with E-state index in [1.165, 1.54) is 0 Å². The summed E-state index contributed by atoms with van der Waals surface area (Å²) in [4.78, 5) is 6.23. The van der Waals surface area contributed by atoms with Gasteiger partial charge in [0.1, 0.15) is 5.82 Å². The van der Waals surface area contributed by atoms with Crippen LogP contribution in [0.15, 0.2) is 42.7 Å². The van der Waals surface area contributed by atoms with Crippen LogP contribution in [0.5, 0.6) is 0 Å². The zero-order valence-corrected chi connectivity index (χ0v) is 12.9. The summed E-state index contributed by atoms with van der Waals surface area (Å²) < 4.78 is 14.3. The lowest BCUT2D eigenvalue weighted by molar-refractivity contribution is 0.564. The number of benzene rings is 1. The van der Waals surface area contributed by atoms with Gasteiger partial charge in [0, 0.05) is 38.1 Å². The van der Waals surface area contributed by atoms with E-state index in [-0.39, 0.29) is 11.9 Å². The lowest BCUT2D eigenvalue weighted by Gasteiger charge is -2.20. The topological polar surface area (TPSA) is 28.2 Å². The zero-order chi connectivity index (χ0) is 15.4. The van der Waals surface area contributed by atoms with Crippen LogP contribution in [0.2, 0.25) is 0 Å². The monoisotopic (exact) mass is 299 g/mol. The Balaban J connectivity index is 1.65. The van der Waals surface area contributed by atoms with E-state index >= 15 is 0 Å². The van der Waals surface area contributed by atoms with Crippen LogP contribution in [-0.4, -0.2) is 18.1 Å². The van der Waals surface area contributed by atoms with Gasteiger partial charge in [0.15, 0.2) is 0 Å². The highest BCUT2D eigenvalue weighted by molar-refractivity contribution is 5.50. The van der Waals surface area contributed by atoms with Crippen LogP contribution in [-0.2, 0) is 6.54 Å². The van der Waals surface area contributed by atoms with Crippen LogP contribution >= 0.6 is 0 Å². The summed E-state index contributed by atoms with van der Waals surface area (Å²) in [6, 6.07) is 9.66. The van der Waals surface area contributed by atoms with Crippen molar-refractivity contribution in [3.63, 3.8) is 0 Å². The highest BCUT2D eigenvalue weighted by atomic mass is 19.1. The first kappa shape index (κ1) is 15.0. The Kier molecular flexibility index (Phi) is 4.68. The number of aromatic nitrogens is 1. The fourth-order valence-corrected chi connectivity index (χ4v) is 2.90. The first-order chi connectivity index (χ1) is 10.7. The summed E-state index contributed by atoms with van der Waals surface area (Å²) in [6.07, 6.45) is 5.92. The average Bonchev–Trinajstić information content (AvgIpc) is 3.07. The van der Waals surface area contributed by atoms with E-state index in [1.807, 2.05) is 30.5 Å². The van der Waals surface area contributed by atoms with Crippen molar-refractivity contribution in [2.75, 3.05) is 18.0 Å². The van der Waals surface area contributed by atoms with E-state index in [0.717, 1.165) is 49.3 Å². The summed E-state index contributed by atoms with van der Waals surface area (Å²) >= 11 is 0. The van der Waals surface area contributed by atoms with Crippen molar-refractivity contribution < 1.29 is 4.39 Å². The van der Waals surface area contributed by atoms with Crippen molar-refractivity contribution in [2.24, 2.45) is 0 Å². The molecule has 1 aromatic carbocycles. The Bertz CT molecular complexity index is 609. The third-order valence-corrected chi connectivity index (χ3v) is 4.25. The maximum atomic E-state index is 14.3. The van der Waals surface area contributed by atoms with E-state index in [1.54, 1.807) is 12.3 Å². The Hall–Kier alpha value is -1.94. The van der Waals surface area contributed by atoms with Gasteiger partial charge in [-0.05, 0) is 49.1 Å². The maximum absolute atomic E-state index is 14.3. The normalized spacial score (nSPS) is 16.0. The molecule has 1 saturated heterocycles. The number of hydrogen-bond acceptors (Lipinski definition) is 3. The minimum absolute atomic E-state index is 0.0994. The van der Waals surface area contributed by atoms with Crippen molar-refractivity contribution in [3.05, 3.63) is 59.7 Å². The van der Waals surface area contributed by atoms with Crippen molar-refractivity contribution in [1.29, 1.82) is 0 Å². The molecule has 2 aromatic rings. The molecule has 0 unspecified atom stereocenters. The number of pyridine rings is 1. The van der Waals surface area contributed by atoms with Gasteiger partial charge in [-0.25, -0.2) is 4.39 Å². The third-order valence-electron chi connectivity index (χ3n) is 4.25. The predicted molar refractivity (Wildman–Crippen MR) is 87.3 cm³/mol. The highest BCUT2D eigenvalue weighted by Crippen LogP contribution is 2.26. The second kappa shape index (κ2) is 6.88. The van der Waals surface area contributed by atoms with Crippen molar-refractivity contribution in [3.8, 4) is 0 Å². The molecule has 0 saturated carbocycles. The van der Waals surface area contributed by atoms with E-state index in [9.17, 15) is 4.39 Å². The summed E-state index contributed by atoms with van der Waals surface area (Å²) in [7, 11) is 0. The van der Waals surface area contributed by atoms with Gasteiger partial charge in [-0.3, -0.25) is 4.98 Å². The minimum atomic E-state index is -0.116. The zero-order valence-electron chi connectivity index (χ0n) is 12.9. The largest absolute Gasteiger partial charge is 0.369 e. The molecule has 4 heteroatoms. The van der Waals surface area contributed by atoms with Gasteiger partial charge in [0.25, 0.3) is 0 Å². The average molecular weight is 299 g/mol. The second-order valence-electron chi connectivity index (χ2n) is 5.87. The van der Waals surface area contributed by atoms with E-state index in [2.05, 4.69) is 22.1 Å². The molecule has 116 valence electrons. The number of hydrogen-bond donors (Lipinski definition) is 1. The molecule has 3 nitrogen and oxygen atoms in total. The molecular weight excluding hydrogens is 277 g/mol. The number of rotatable bonds is 5. The van der Waals surface area contributed by atoms with E-state index in [4.69, 9.17) is 0 Å². The van der Waals surface area contributed by atoms with Gasteiger partial charge >= 0.3 is 0 Å². The van der Waals surface area contributed by atoms with Gasteiger partial charge in [-0.1, -0.05) is 12.1 Å². The molecule has 1 aromatic heterocycles. The fraction of sp³-hybridized carbons (Fsp3) is 0.389. The summed E-state index contributed by atoms with van der Waals surface area (Å²) in [5, 5.41) is 3.41. The van der Waals surface area contributed by atoms with Gasteiger partial charge in [0.2, 0.25) is 0 Å². The van der Waals surface area contributed by atoms with Crippen molar-refractivity contribution in [2.45, 2.75) is 32.4 Å². The SMILES string of the molecule is C[C@@H](NCc1cccnc1)c1ccc(N2CCCC2)c(F)c1. The molecule has 2 heterocycles. The molecule has 3 rings (SSSR count). The van der Waals surface area contributed by atoms with E-state index < -0.39 is 0 Å². The molecule has 0 amide bonds. The van der Waals surface area contributed by atoms with Crippen LogP contribution < -0.4 is 10.2 Å². The maximum Gasteiger partial charge on any atom is 0.146 e. The Morgan fingerprint density at radius 1 is 1.27 bits per heavy atom. The first-order valence-corrected chi connectivity index (χ1v) is 7.91. The molecule has 0 aliphatic carbocycles. The number of nitrogens with zero attached hydrogens (tertiary/aromatic N) is 2. The van der Waals surface area contributed by atoms with Crippen LogP contribution in [0.4, 0.5) is 10.1 Å². The van der Waals surface area contributed by atoms with Crippen LogP contribution in [0.1, 0.15) is 36.9 Å². The van der Waals surface area contributed by atoms with Gasteiger partial charge in [-0.15, -0.1) is 0 Å². The second-order valence-corrected chi connectivity index (χ2v) is 5.87. The Morgan fingerprint density at radius 2 is 2.09 bits per heavy atom. The standard InChI is InChI=1S/C18H22FN3/c1-14(21-13-15-5-4-8-20-12-15)16-6-7-18(17(19)11-16)22-9-2-3-10-22/h4-8,11-12,14,21H,2-3,9-10,13H2,1H3/t14-/m1/s1. The fourth-order valence-electron chi connectivity index (χ4n) is 2.90. The molecule has 0 bridgehead atoms.